The Morgan fingerprint density at radius 1 is 1.11 bits per heavy atom. The van der Waals surface area contributed by atoms with Gasteiger partial charge in [-0.05, 0) is 37.6 Å². The Morgan fingerprint density at radius 2 is 1.89 bits per heavy atom. The largest absolute Gasteiger partial charge is 0.385 e. The number of amides is 2. The van der Waals surface area contributed by atoms with Crippen LogP contribution in [-0.4, -0.2) is 41.5 Å². The van der Waals surface area contributed by atoms with Crippen LogP contribution in [0.5, 0.6) is 0 Å². The lowest BCUT2D eigenvalue weighted by Crippen LogP contribution is -2.26. The molecule has 0 fully saturated rings. The molecule has 0 aliphatic carbocycles. The summed E-state index contributed by atoms with van der Waals surface area (Å²) in [4.78, 5) is 29.5. The third kappa shape index (κ3) is 4.32. The lowest BCUT2D eigenvalue weighted by molar-refractivity contribution is 0.0946. The molecule has 2 heterocycles. The van der Waals surface area contributed by atoms with Gasteiger partial charge in [-0.25, -0.2) is 4.98 Å². The molecule has 0 radical (unpaired) electrons. The van der Waals surface area contributed by atoms with Crippen molar-refractivity contribution in [2.24, 2.45) is 0 Å². The number of carbonyl (C=O) groups is 2. The summed E-state index contributed by atoms with van der Waals surface area (Å²) in [6.07, 6.45) is 2.42. The van der Waals surface area contributed by atoms with Crippen molar-refractivity contribution in [2.75, 3.05) is 25.6 Å². The van der Waals surface area contributed by atoms with E-state index in [0.29, 0.717) is 30.8 Å². The van der Waals surface area contributed by atoms with Gasteiger partial charge >= 0.3 is 0 Å². The average Bonchev–Trinajstić information content (AvgIpc) is 3.07. The number of carbonyl (C=O) groups excluding carboxylic acids is 2. The maximum absolute atomic E-state index is 12.7. The summed E-state index contributed by atoms with van der Waals surface area (Å²) in [5.41, 5.74) is 2.58. The van der Waals surface area contributed by atoms with E-state index in [9.17, 15) is 9.59 Å². The molecule has 0 bridgehead atoms. The zero-order chi connectivity index (χ0) is 19.2. The summed E-state index contributed by atoms with van der Waals surface area (Å²) in [6.45, 7) is 3.02. The van der Waals surface area contributed by atoms with Crippen LogP contribution < -0.4 is 10.6 Å². The van der Waals surface area contributed by atoms with Gasteiger partial charge in [-0.3, -0.25) is 14.0 Å². The van der Waals surface area contributed by atoms with Gasteiger partial charge in [0, 0.05) is 32.1 Å². The Bertz CT molecular complexity index is 948. The fourth-order valence-electron chi connectivity index (χ4n) is 2.69. The van der Waals surface area contributed by atoms with Gasteiger partial charge in [0.1, 0.15) is 0 Å². The molecule has 0 spiro atoms. The number of fused-ring (bicyclic) bond motifs is 1. The number of methoxy groups -OCH3 is 1. The minimum Gasteiger partial charge on any atom is -0.385 e. The van der Waals surface area contributed by atoms with E-state index in [2.05, 4.69) is 15.6 Å². The molecule has 0 atom stereocenters. The summed E-state index contributed by atoms with van der Waals surface area (Å²) in [6, 6.07) is 12.8. The monoisotopic (exact) mass is 366 g/mol. The molecule has 3 rings (SSSR count). The van der Waals surface area contributed by atoms with Gasteiger partial charge in [0.2, 0.25) is 5.82 Å². The molecule has 2 amide bonds. The Morgan fingerprint density at radius 3 is 2.63 bits per heavy atom. The van der Waals surface area contributed by atoms with Gasteiger partial charge in [0.25, 0.3) is 11.8 Å². The van der Waals surface area contributed by atoms with E-state index in [1.165, 1.54) is 0 Å². The van der Waals surface area contributed by atoms with Gasteiger partial charge in [0.05, 0.1) is 5.52 Å². The van der Waals surface area contributed by atoms with Crippen molar-refractivity contribution in [2.45, 2.75) is 13.3 Å². The van der Waals surface area contributed by atoms with Crippen LogP contribution in [0.4, 0.5) is 5.69 Å². The lowest BCUT2D eigenvalue weighted by atomic mass is 10.2. The van der Waals surface area contributed by atoms with Crippen molar-refractivity contribution < 1.29 is 14.3 Å². The third-order valence-corrected chi connectivity index (χ3v) is 4.09. The first-order valence-corrected chi connectivity index (χ1v) is 8.72. The molecule has 27 heavy (non-hydrogen) atoms. The van der Waals surface area contributed by atoms with Crippen LogP contribution in [0.15, 0.2) is 48.7 Å². The first-order chi connectivity index (χ1) is 13.1. The van der Waals surface area contributed by atoms with E-state index in [4.69, 9.17) is 4.74 Å². The third-order valence-electron chi connectivity index (χ3n) is 4.09. The number of benzene rings is 1. The van der Waals surface area contributed by atoms with Crippen LogP contribution in [0.25, 0.3) is 5.52 Å². The fourth-order valence-corrected chi connectivity index (χ4v) is 2.69. The molecule has 2 N–H and O–H groups in total. The van der Waals surface area contributed by atoms with Crippen molar-refractivity contribution in [1.82, 2.24) is 14.7 Å². The molecule has 140 valence electrons. The van der Waals surface area contributed by atoms with E-state index >= 15 is 0 Å². The molecule has 1 aromatic carbocycles. The lowest BCUT2D eigenvalue weighted by Gasteiger charge is -2.04. The highest BCUT2D eigenvalue weighted by Gasteiger charge is 2.21. The second-order valence-electron chi connectivity index (χ2n) is 6.16. The Balaban J connectivity index is 1.84. The van der Waals surface area contributed by atoms with Gasteiger partial charge in [0.15, 0.2) is 5.69 Å². The summed E-state index contributed by atoms with van der Waals surface area (Å²) in [7, 11) is 1.61. The zero-order valence-corrected chi connectivity index (χ0v) is 15.4. The second-order valence-corrected chi connectivity index (χ2v) is 6.16. The average molecular weight is 366 g/mol. The van der Waals surface area contributed by atoms with Gasteiger partial charge in [-0.2, -0.15) is 0 Å². The molecule has 3 aromatic rings. The number of aromatic nitrogens is 2. The van der Waals surface area contributed by atoms with Crippen molar-refractivity contribution in [3.63, 3.8) is 0 Å². The maximum atomic E-state index is 12.7. The Labute approximate surface area is 157 Å². The number of nitrogens with zero attached hydrogens (tertiary/aromatic N) is 2. The first-order valence-electron chi connectivity index (χ1n) is 8.72. The Hall–Kier alpha value is -3.19. The van der Waals surface area contributed by atoms with Gasteiger partial charge in [-0.15, -0.1) is 0 Å². The Kier molecular flexibility index (Phi) is 5.83. The fraction of sp³-hybridized carbons (Fsp3) is 0.250. The van der Waals surface area contributed by atoms with Crippen LogP contribution in [-0.2, 0) is 4.74 Å². The van der Waals surface area contributed by atoms with E-state index in [-0.39, 0.29) is 23.3 Å². The summed E-state index contributed by atoms with van der Waals surface area (Å²) in [5, 5.41) is 5.63. The smallest absolute Gasteiger partial charge is 0.292 e. The van der Waals surface area contributed by atoms with Gasteiger partial charge in [-0.1, -0.05) is 23.8 Å². The van der Waals surface area contributed by atoms with Crippen LogP contribution in [0.1, 0.15) is 33.1 Å². The highest BCUT2D eigenvalue weighted by molar-refractivity contribution is 6.06. The standard InChI is InChI=1S/C20H22N4O3/c1-14-7-9-15(10-8-14)22-20(26)18-23-17(16-6-3-4-12-24(16)18)19(25)21-11-5-13-27-2/h3-4,6-10,12H,5,11,13H2,1-2H3,(H,21,25)(H,22,26). The van der Waals surface area contributed by atoms with E-state index in [1.54, 1.807) is 35.9 Å². The topological polar surface area (TPSA) is 84.7 Å². The van der Waals surface area contributed by atoms with E-state index < -0.39 is 0 Å². The van der Waals surface area contributed by atoms with Crippen LogP contribution in [0, 0.1) is 6.92 Å². The number of imidazole rings is 1. The molecule has 0 aliphatic heterocycles. The number of hydrogen-bond donors (Lipinski definition) is 2. The van der Waals surface area contributed by atoms with Crippen molar-refractivity contribution >= 4 is 23.0 Å². The van der Waals surface area contributed by atoms with E-state index in [0.717, 1.165) is 5.56 Å². The first kappa shape index (κ1) is 18.6. The van der Waals surface area contributed by atoms with Gasteiger partial charge < -0.3 is 15.4 Å². The van der Waals surface area contributed by atoms with Crippen molar-refractivity contribution in [1.29, 1.82) is 0 Å². The van der Waals surface area contributed by atoms with Crippen LogP contribution in [0.2, 0.25) is 0 Å². The zero-order valence-electron chi connectivity index (χ0n) is 15.4. The summed E-state index contributed by atoms with van der Waals surface area (Å²) < 4.78 is 6.59. The minimum absolute atomic E-state index is 0.160. The molecule has 0 saturated carbocycles. The molecular formula is C20H22N4O3. The number of hydrogen-bond acceptors (Lipinski definition) is 4. The predicted molar refractivity (Wildman–Crippen MR) is 103 cm³/mol. The summed E-state index contributed by atoms with van der Waals surface area (Å²) in [5.74, 6) is -0.532. The second kappa shape index (κ2) is 8.46. The van der Waals surface area contributed by atoms with Crippen molar-refractivity contribution in [3.8, 4) is 0 Å². The number of ether oxygens (including phenoxy) is 1. The molecular weight excluding hydrogens is 344 g/mol. The molecule has 2 aromatic heterocycles. The van der Waals surface area contributed by atoms with Crippen molar-refractivity contribution in [3.05, 3.63) is 65.7 Å². The number of pyridine rings is 1. The number of aryl methyl sites for hydroxylation is 1. The molecule has 7 heteroatoms. The number of nitrogens with one attached hydrogen (secondary N) is 2. The predicted octanol–water partition coefficient (Wildman–Crippen LogP) is 2.66. The molecule has 0 unspecified atom stereocenters. The highest BCUT2D eigenvalue weighted by atomic mass is 16.5. The molecule has 0 aliphatic rings. The summed E-state index contributed by atoms with van der Waals surface area (Å²) >= 11 is 0. The quantitative estimate of drug-likeness (QED) is 0.630. The van der Waals surface area contributed by atoms with Crippen LogP contribution in [0.3, 0.4) is 0 Å². The highest BCUT2D eigenvalue weighted by Crippen LogP contribution is 2.16. The van der Waals surface area contributed by atoms with E-state index in [1.807, 2.05) is 31.2 Å². The number of rotatable bonds is 7. The van der Waals surface area contributed by atoms with Crippen LogP contribution >= 0.6 is 0 Å². The molecule has 7 nitrogen and oxygen atoms in total. The maximum Gasteiger partial charge on any atom is 0.292 e. The number of anilines is 1. The normalized spacial score (nSPS) is 10.7. The SMILES string of the molecule is COCCCNC(=O)c1nc(C(=O)Nc2ccc(C)cc2)n2ccccc12. The minimum atomic E-state index is -0.376. The molecule has 0 saturated heterocycles.